The second-order valence-corrected chi connectivity index (χ2v) is 10.9. The van der Waals surface area contributed by atoms with Gasteiger partial charge in [-0.3, -0.25) is 9.59 Å². The van der Waals surface area contributed by atoms with E-state index in [0.29, 0.717) is 52.3 Å². The van der Waals surface area contributed by atoms with Crippen molar-refractivity contribution in [3.8, 4) is 11.5 Å². The Kier molecular flexibility index (Phi) is 22.7. The summed E-state index contributed by atoms with van der Waals surface area (Å²) in [6.07, 6.45) is 14.1. The van der Waals surface area contributed by atoms with Crippen LogP contribution in [0.25, 0.3) is 0 Å². The normalized spacial score (nSPS) is 11.0. The topological polar surface area (TPSA) is 83.5 Å². The molecule has 0 bridgehead atoms. The highest BCUT2D eigenvalue weighted by atomic mass is 16.5. The fourth-order valence-electron chi connectivity index (χ4n) is 4.36. The van der Waals surface area contributed by atoms with E-state index in [9.17, 15) is 9.59 Å². The Morgan fingerprint density at radius 3 is 1.63 bits per heavy atom. The zero-order valence-electron chi connectivity index (χ0n) is 26.4. The van der Waals surface area contributed by atoms with E-state index in [0.717, 1.165) is 75.0 Å². The van der Waals surface area contributed by atoms with Crippen LogP contribution in [0.1, 0.15) is 109 Å². The largest absolute Gasteiger partial charge is 0.493 e. The van der Waals surface area contributed by atoms with Gasteiger partial charge in [0.1, 0.15) is 11.5 Å². The van der Waals surface area contributed by atoms with Gasteiger partial charge in [-0.25, -0.2) is 0 Å². The number of hydrogen-bond acceptors (Lipinski definition) is 8. The molecule has 0 amide bonds. The number of ether oxygens (including phenoxy) is 5. The lowest BCUT2D eigenvalue weighted by molar-refractivity contribution is -0.144. The Hall–Kier alpha value is -2.32. The van der Waals surface area contributed by atoms with Crippen LogP contribution in [0.4, 0.5) is 0 Å². The van der Waals surface area contributed by atoms with Crippen LogP contribution in [0, 0.1) is 0 Å². The quantitative estimate of drug-likeness (QED) is 0.0805. The predicted octanol–water partition coefficient (Wildman–Crippen LogP) is 7.11. The van der Waals surface area contributed by atoms with Gasteiger partial charge in [0, 0.05) is 52.0 Å². The van der Waals surface area contributed by atoms with E-state index in [1.165, 1.54) is 25.7 Å². The maximum absolute atomic E-state index is 12.0. The number of unbranched alkanes of at least 4 members (excludes halogenated alkanes) is 9. The molecule has 0 fully saturated rings. The fourth-order valence-corrected chi connectivity index (χ4v) is 4.36. The van der Waals surface area contributed by atoms with E-state index in [1.807, 2.05) is 32.3 Å². The monoisotopic (exact) mass is 579 g/mol. The number of nitrogens with zero attached hydrogens (tertiary/aromatic N) is 1. The highest BCUT2D eigenvalue weighted by molar-refractivity contribution is 5.69. The molecule has 8 heteroatoms. The summed E-state index contributed by atoms with van der Waals surface area (Å²) in [6, 6.07) is 5.96. The molecule has 0 aliphatic rings. The molecule has 1 aromatic carbocycles. The molecule has 0 heterocycles. The second kappa shape index (κ2) is 25.4. The Morgan fingerprint density at radius 2 is 1.10 bits per heavy atom. The van der Waals surface area contributed by atoms with Gasteiger partial charge in [0.2, 0.25) is 0 Å². The molecule has 0 radical (unpaired) electrons. The molecule has 0 saturated carbocycles. The van der Waals surface area contributed by atoms with Crippen LogP contribution in [-0.4, -0.2) is 71.1 Å². The van der Waals surface area contributed by atoms with Crippen LogP contribution in [0.3, 0.4) is 0 Å². The van der Waals surface area contributed by atoms with Crippen molar-refractivity contribution in [3.63, 3.8) is 0 Å². The molecule has 0 aromatic heterocycles. The van der Waals surface area contributed by atoms with E-state index in [1.54, 1.807) is 7.11 Å². The minimum atomic E-state index is -0.164. The summed E-state index contributed by atoms with van der Waals surface area (Å²) < 4.78 is 27.6. The zero-order valence-corrected chi connectivity index (χ0v) is 26.4. The van der Waals surface area contributed by atoms with Gasteiger partial charge in [0.15, 0.2) is 0 Å². The summed E-state index contributed by atoms with van der Waals surface area (Å²) in [4.78, 5) is 25.9. The van der Waals surface area contributed by atoms with Gasteiger partial charge in [-0.05, 0) is 51.1 Å². The first-order valence-electron chi connectivity index (χ1n) is 15.8. The SMILES string of the molecule is CCCCCCCCOC(=O)CCCCCCCC(=O)OCCCOc1cc(CN(C)C)cc(OCCCOC)c1. The van der Waals surface area contributed by atoms with E-state index in [-0.39, 0.29) is 11.9 Å². The first-order chi connectivity index (χ1) is 19.9. The summed E-state index contributed by atoms with van der Waals surface area (Å²) in [6.45, 7) is 5.60. The Bertz CT molecular complexity index is 800. The van der Waals surface area contributed by atoms with E-state index < -0.39 is 0 Å². The Morgan fingerprint density at radius 1 is 0.610 bits per heavy atom. The summed E-state index contributed by atoms with van der Waals surface area (Å²) in [5.74, 6) is 1.29. The van der Waals surface area contributed by atoms with Gasteiger partial charge in [-0.15, -0.1) is 0 Å². The molecule has 236 valence electrons. The van der Waals surface area contributed by atoms with Crippen LogP contribution in [-0.2, 0) is 30.3 Å². The highest BCUT2D eigenvalue weighted by Crippen LogP contribution is 2.24. The third-order valence-electron chi connectivity index (χ3n) is 6.54. The lowest BCUT2D eigenvalue weighted by atomic mass is 10.1. The lowest BCUT2D eigenvalue weighted by Crippen LogP contribution is -2.12. The second-order valence-electron chi connectivity index (χ2n) is 10.9. The summed E-state index contributed by atoms with van der Waals surface area (Å²) in [7, 11) is 5.74. The molecular weight excluding hydrogens is 522 g/mol. The molecule has 0 atom stereocenters. The van der Waals surface area contributed by atoms with E-state index >= 15 is 0 Å². The van der Waals surface area contributed by atoms with E-state index in [2.05, 4.69) is 11.8 Å². The molecule has 0 spiro atoms. The molecule has 0 N–H and O–H groups in total. The van der Waals surface area contributed by atoms with Gasteiger partial charge < -0.3 is 28.6 Å². The number of carbonyl (C=O) groups excluding carboxylic acids is 2. The number of esters is 2. The molecule has 0 aliphatic carbocycles. The number of rotatable bonds is 27. The van der Waals surface area contributed by atoms with E-state index in [4.69, 9.17) is 23.7 Å². The number of hydrogen-bond donors (Lipinski definition) is 0. The molecule has 41 heavy (non-hydrogen) atoms. The predicted molar refractivity (Wildman–Crippen MR) is 164 cm³/mol. The van der Waals surface area contributed by atoms with Gasteiger partial charge in [0.25, 0.3) is 0 Å². The molecular formula is C33H57NO7. The van der Waals surface area contributed by atoms with Crippen LogP contribution in [0.2, 0.25) is 0 Å². The molecule has 8 nitrogen and oxygen atoms in total. The molecule has 0 aliphatic heterocycles. The standard InChI is InChI=1S/C33H57NO7/c1-5-6-7-8-12-15-21-40-32(35)18-13-10-9-11-14-19-33(36)41-24-17-23-39-31-26-29(28-34(2)3)25-30(27-31)38-22-16-20-37-4/h25-27H,5-24,28H2,1-4H3. The van der Waals surface area contributed by atoms with Crippen molar-refractivity contribution in [3.05, 3.63) is 23.8 Å². The number of benzene rings is 1. The van der Waals surface area contributed by atoms with Crippen molar-refractivity contribution in [2.24, 2.45) is 0 Å². The Balaban J connectivity index is 2.08. The minimum Gasteiger partial charge on any atom is -0.493 e. The first-order valence-corrected chi connectivity index (χ1v) is 15.8. The smallest absolute Gasteiger partial charge is 0.305 e. The highest BCUT2D eigenvalue weighted by Gasteiger charge is 2.07. The van der Waals surface area contributed by atoms with Gasteiger partial charge >= 0.3 is 11.9 Å². The van der Waals surface area contributed by atoms with Crippen LogP contribution in [0.5, 0.6) is 11.5 Å². The van der Waals surface area contributed by atoms with Crippen LogP contribution < -0.4 is 9.47 Å². The summed E-state index contributed by atoms with van der Waals surface area (Å²) in [5.41, 5.74) is 1.11. The average Bonchev–Trinajstić information content (AvgIpc) is 2.93. The van der Waals surface area contributed by atoms with Gasteiger partial charge in [-0.2, -0.15) is 0 Å². The van der Waals surface area contributed by atoms with Crippen molar-refractivity contribution in [1.82, 2.24) is 4.90 Å². The average molecular weight is 580 g/mol. The summed E-state index contributed by atoms with van der Waals surface area (Å²) in [5, 5.41) is 0. The first kappa shape index (κ1) is 36.7. The zero-order chi connectivity index (χ0) is 30.0. The van der Waals surface area contributed by atoms with Crippen molar-refractivity contribution in [2.75, 3.05) is 54.2 Å². The number of carbonyl (C=O) groups is 2. The summed E-state index contributed by atoms with van der Waals surface area (Å²) >= 11 is 0. The van der Waals surface area contributed by atoms with Crippen molar-refractivity contribution in [1.29, 1.82) is 0 Å². The maximum atomic E-state index is 12.0. The third-order valence-corrected chi connectivity index (χ3v) is 6.54. The third kappa shape index (κ3) is 22.0. The van der Waals surface area contributed by atoms with Crippen molar-refractivity contribution >= 4 is 11.9 Å². The maximum Gasteiger partial charge on any atom is 0.305 e. The van der Waals surface area contributed by atoms with Crippen LogP contribution in [0.15, 0.2) is 18.2 Å². The molecule has 0 unspecified atom stereocenters. The molecule has 1 rings (SSSR count). The van der Waals surface area contributed by atoms with Gasteiger partial charge in [-0.1, -0.05) is 58.3 Å². The van der Waals surface area contributed by atoms with Crippen molar-refractivity contribution < 1.29 is 33.3 Å². The van der Waals surface area contributed by atoms with Crippen molar-refractivity contribution in [2.45, 2.75) is 110 Å². The fraction of sp³-hybridized carbons (Fsp3) is 0.758. The molecule has 1 aromatic rings. The van der Waals surface area contributed by atoms with Gasteiger partial charge in [0.05, 0.1) is 26.4 Å². The Labute approximate surface area is 249 Å². The minimum absolute atomic E-state index is 0.0842. The molecule has 0 saturated heterocycles. The lowest BCUT2D eigenvalue weighted by Gasteiger charge is -2.15. The van der Waals surface area contributed by atoms with Crippen LogP contribution >= 0.6 is 0 Å². The number of methoxy groups -OCH3 is 1.